The van der Waals surface area contributed by atoms with Crippen LogP contribution in [0.15, 0.2) is 121 Å². The van der Waals surface area contributed by atoms with Crippen LogP contribution in [-0.2, 0) is 91.6 Å². The first-order chi connectivity index (χ1) is 21.4. The molecular weight excluding hydrogens is 831 g/mol. The zero-order chi connectivity index (χ0) is 29.7. The normalized spacial score (nSPS) is 16.2. The predicted molar refractivity (Wildman–Crippen MR) is 221 cm³/mol. The fraction of sp³-hybridized carbons (Fsp3) is 0.333. The summed E-state index contributed by atoms with van der Waals surface area (Å²) < 4.78 is 0. The largest absolute Gasteiger partial charge is 0.195 e. The minimum absolute atomic E-state index is 0. The quantitative estimate of drug-likeness (QED) is 0.167. The van der Waals surface area contributed by atoms with Crippen LogP contribution in [0.4, 0.5) is 0 Å². The Balaban J connectivity index is 0.000000249. The Labute approximate surface area is 307 Å². The van der Waals surface area contributed by atoms with Gasteiger partial charge in [-0.15, -0.1) is 0 Å². The summed E-state index contributed by atoms with van der Waals surface area (Å²) in [6.45, 7) is 0. The summed E-state index contributed by atoms with van der Waals surface area (Å²) >= 11 is 10.3. The van der Waals surface area contributed by atoms with E-state index >= 15 is 0 Å². The molecule has 1 saturated heterocycles. The summed E-state index contributed by atoms with van der Waals surface area (Å²) in [5.41, 5.74) is 5.36. The van der Waals surface area contributed by atoms with Gasteiger partial charge in [-0.1, -0.05) is 121 Å². The maximum absolute atomic E-state index is 2.26. The van der Waals surface area contributed by atoms with Crippen molar-refractivity contribution in [2.75, 3.05) is 69.0 Å². The van der Waals surface area contributed by atoms with E-state index in [1.54, 1.807) is 70.6 Å². The molecule has 1 aliphatic heterocycles. The fourth-order valence-corrected chi connectivity index (χ4v) is 13.8. The maximum Gasteiger partial charge on any atom is 0.150 e. The van der Waals surface area contributed by atoms with E-state index in [-0.39, 0.29) is 21.1 Å². The van der Waals surface area contributed by atoms with Gasteiger partial charge in [-0.2, -0.15) is 21.9 Å². The van der Waals surface area contributed by atoms with Gasteiger partial charge in [0.15, 0.2) is 0 Å². The summed E-state index contributed by atoms with van der Waals surface area (Å²) in [6, 6.07) is 43.5. The van der Waals surface area contributed by atoms with Crippen molar-refractivity contribution in [2.24, 2.45) is 0 Å². The monoisotopic (exact) mass is 880 g/mol. The van der Waals surface area contributed by atoms with Crippen LogP contribution in [0, 0.1) is 0 Å². The van der Waals surface area contributed by atoms with E-state index in [1.165, 1.54) is 90.9 Å². The number of hydrogen-bond donors (Lipinski definition) is 0. The molecule has 44 heavy (non-hydrogen) atoms. The molecule has 8 heteroatoms. The number of thiol groups is 6. The van der Waals surface area contributed by atoms with Gasteiger partial charge >= 0.3 is 0 Å². The molecule has 4 aromatic rings. The third-order valence-corrected chi connectivity index (χ3v) is 16.3. The Kier molecular flexibility index (Phi) is 20.8. The van der Waals surface area contributed by atoms with Crippen LogP contribution in [0.3, 0.4) is 0 Å². The Morgan fingerprint density at radius 2 is 0.432 bits per heavy atom. The summed E-state index contributed by atoms with van der Waals surface area (Å²) in [4.78, 5) is 0. The second-order valence-electron chi connectivity index (χ2n) is 10.5. The fourth-order valence-electron chi connectivity index (χ4n) is 5.64. The molecule has 0 bridgehead atoms. The van der Waals surface area contributed by atoms with Gasteiger partial charge in [0.05, 0.1) is 0 Å². The standard InChI is InChI=1S/C24H20B.C12H24S6.Pt/c1-5-13-21(14-6-1)25(22-15-7-2-8-16-22,23-17-9-3-10-18-23)24-19-11-4-12-20-24;1-2-14-5-6-16-9-10-18-12-11-17-8-7-15-4-3-13-1;/h1-20H;1-12H2;/q-1;;/p+6. The first kappa shape index (κ1) is 38.2. The molecule has 4 aromatic carbocycles. The van der Waals surface area contributed by atoms with Crippen LogP contribution in [0.1, 0.15) is 0 Å². The van der Waals surface area contributed by atoms with Crippen molar-refractivity contribution in [2.45, 2.75) is 0 Å². The van der Waals surface area contributed by atoms with E-state index in [9.17, 15) is 0 Å². The zero-order valence-electron chi connectivity index (χ0n) is 25.6. The van der Waals surface area contributed by atoms with E-state index in [2.05, 4.69) is 121 Å². The summed E-state index contributed by atoms with van der Waals surface area (Å²) in [6.07, 6.45) is -1.22. The van der Waals surface area contributed by atoms with E-state index in [0.717, 1.165) is 0 Å². The molecule has 0 aromatic heterocycles. The van der Waals surface area contributed by atoms with Crippen molar-refractivity contribution in [3.05, 3.63) is 121 Å². The van der Waals surface area contributed by atoms with Gasteiger partial charge in [-0.25, -0.2) is 0 Å². The molecule has 0 radical (unpaired) electrons. The van der Waals surface area contributed by atoms with Crippen molar-refractivity contribution in [1.82, 2.24) is 0 Å². The number of benzene rings is 4. The van der Waals surface area contributed by atoms with Crippen molar-refractivity contribution >= 4 is 98.6 Å². The Morgan fingerprint density at radius 3 is 0.591 bits per heavy atom. The van der Waals surface area contributed by atoms with E-state index in [0.29, 0.717) is 0 Å². The minimum atomic E-state index is -1.22. The van der Waals surface area contributed by atoms with Gasteiger partial charge in [0, 0.05) is 21.1 Å². The van der Waals surface area contributed by atoms with Crippen LogP contribution >= 0.6 is 0 Å². The molecule has 1 aliphatic rings. The topological polar surface area (TPSA) is 0 Å². The van der Waals surface area contributed by atoms with Gasteiger partial charge in [0.25, 0.3) is 0 Å². The minimum Gasteiger partial charge on any atom is -0.195 e. The van der Waals surface area contributed by atoms with Crippen molar-refractivity contribution < 1.29 is 21.1 Å². The summed E-state index contributed by atoms with van der Waals surface area (Å²) in [5.74, 6) is 17.4. The van der Waals surface area contributed by atoms with Crippen LogP contribution in [0.25, 0.3) is 0 Å². The van der Waals surface area contributed by atoms with E-state index in [4.69, 9.17) is 0 Å². The van der Waals surface area contributed by atoms with Gasteiger partial charge in [-0.3, -0.25) is 0 Å². The van der Waals surface area contributed by atoms with E-state index in [1.807, 2.05) is 0 Å². The number of rotatable bonds is 4. The molecule has 0 spiro atoms. The molecule has 1 fully saturated rings. The van der Waals surface area contributed by atoms with Gasteiger partial charge in [-0.05, 0) is 70.6 Å². The molecule has 238 valence electrons. The molecule has 5 rings (SSSR count). The van der Waals surface area contributed by atoms with Crippen molar-refractivity contribution in [1.29, 1.82) is 0 Å². The first-order valence-electron chi connectivity index (χ1n) is 15.6. The van der Waals surface area contributed by atoms with Crippen LogP contribution in [0.5, 0.6) is 0 Å². The molecule has 0 nitrogen and oxygen atoms in total. The molecule has 0 saturated carbocycles. The first-order valence-corrected chi connectivity index (χ1v) is 23.2. The second kappa shape index (κ2) is 24.0. The third-order valence-electron chi connectivity index (χ3n) is 7.70. The molecule has 0 aliphatic carbocycles. The smallest absolute Gasteiger partial charge is 0.150 e. The molecule has 1 heterocycles. The maximum atomic E-state index is 2.26. The SMILES string of the molecule is C1C[SH+]CC[SH+]CC[SH+]CC[SH+]CC[SH+]CC[SH+]1.[Pt].c1ccc([B-](c2ccccc2)(c2ccccc2)c2ccccc2)cc1. The summed E-state index contributed by atoms with van der Waals surface area (Å²) in [5, 5.41) is 0. The average molecular weight is 881 g/mol. The zero-order valence-corrected chi connectivity index (χ0v) is 33.2. The van der Waals surface area contributed by atoms with Gasteiger partial charge < -0.3 is 0 Å². The van der Waals surface area contributed by atoms with Gasteiger partial charge in [0.1, 0.15) is 75.2 Å². The average Bonchev–Trinajstić information content (AvgIpc) is 3.08. The molecule has 0 atom stereocenters. The summed E-state index contributed by atoms with van der Waals surface area (Å²) in [7, 11) is 0. The Morgan fingerprint density at radius 1 is 0.273 bits per heavy atom. The van der Waals surface area contributed by atoms with Crippen molar-refractivity contribution in [3.63, 3.8) is 0 Å². The Hall–Kier alpha value is -0.267. The molecular formula is C36H50BPtS6+5. The molecule has 0 N–H and O–H groups in total. The van der Waals surface area contributed by atoms with Crippen molar-refractivity contribution in [3.8, 4) is 0 Å². The van der Waals surface area contributed by atoms with Crippen LogP contribution in [-0.4, -0.2) is 75.2 Å². The second-order valence-corrected chi connectivity index (χ2v) is 18.6. The molecule has 0 amide bonds. The third kappa shape index (κ3) is 12.7. The van der Waals surface area contributed by atoms with E-state index < -0.39 is 6.15 Å². The number of hydrogen-bond acceptors (Lipinski definition) is 0. The Bertz CT molecular complexity index is 996. The van der Waals surface area contributed by atoms with Gasteiger partial charge in [0.2, 0.25) is 0 Å². The molecule has 0 unspecified atom stereocenters. The van der Waals surface area contributed by atoms with Crippen LogP contribution in [0.2, 0.25) is 0 Å². The predicted octanol–water partition coefficient (Wildman–Crippen LogP) is 1.95. The van der Waals surface area contributed by atoms with Crippen LogP contribution < -0.4 is 21.9 Å².